The Kier molecular flexibility index (Phi) is 4.04. The average molecular weight is 327 g/mol. The molecule has 2 aromatic rings. The van der Waals surface area contributed by atoms with Gasteiger partial charge in [-0.3, -0.25) is 14.0 Å². The number of aromatic nitrogens is 4. The van der Waals surface area contributed by atoms with E-state index in [1.807, 2.05) is 24.6 Å². The fraction of sp³-hybridized carbons (Fsp3) is 0.417. The highest BCUT2D eigenvalue weighted by Gasteiger charge is 2.10. The van der Waals surface area contributed by atoms with Gasteiger partial charge in [-0.15, -0.1) is 0 Å². The van der Waals surface area contributed by atoms with Gasteiger partial charge in [-0.05, 0) is 35.3 Å². The molecule has 0 bridgehead atoms. The van der Waals surface area contributed by atoms with Crippen LogP contribution in [0, 0.1) is 0 Å². The molecule has 0 aliphatic carbocycles. The quantitative estimate of drug-likeness (QED) is 0.915. The summed E-state index contributed by atoms with van der Waals surface area (Å²) in [5.41, 5.74) is 1.04. The molecule has 2 aromatic heterocycles. The lowest BCUT2D eigenvalue weighted by atomic mass is 10.3. The number of hydrogen-bond donors (Lipinski definition) is 1. The first-order valence-electron chi connectivity index (χ1n) is 6.10. The lowest BCUT2D eigenvalue weighted by molar-refractivity contribution is 0.577. The highest BCUT2D eigenvalue weighted by Crippen LogP contribution is 2.06. The molecule has 7 heteroatoms. The van der Waals surface area contributed by atoms with Gasteiger partial charge in [-0.25, -0.2) is 4.79 Å². The molecule has 0 fully saturated rings. The van der Waals surface area contributed by atoms with Crippen LogP contribution < -0.4 is 11.2 Å². The van der Waals surface area contributed by atoms with Crippen LogP contribution in [0.1, 0.15) is 25.2 Å². The number of nitrogens with zero attached hydrogens (tertiary/aromatic N) is 3. The van der Waals surface area contributed by atoms with Crippen molar-refractivity contribution < 1.29 is 0 Å². The first kappa shape index (κ1) is 13.8. The van der Waals surface area contributed by atoms with Crippen molar-refractivity contribution in [3.8, 4) is 0 Å². The van der Waals surface area contributed by atoms with Crippen molar-refractivity contribution in [2.24, 2.45) is 0 Å². The van der Waals surface area contributed by atoms with Gasteiger partial charge >= 0.3 is 5.69 Å². The summed E-state index contributed by atoms with van der Waals surface area (Å²) in [6, 6.07) is 1.93. The van der Waals surface area contributed by atoms with Crippen LogP contribution in [0.2, 0.25) is 0 Å². The van der Waals surface area contributed by atoms with Crippen LogP contribution in [-0.2, 0) is 19.5 Å². The maximum absolute atomic E-state index is 11.9. The summed E-state index contributed by atoms with van der Waals surface area (Å²) in [6.45, 7) is 4.92. The number of hydrogen-bond acceptors (Lipinski definition) is 3. The molecule has 0 saturated carbocycles. The molecule has 2 rings (SSSR count). The average Bonchev–Trinajstić information content (AvgIpc) is 2.81. The number of H-pyrrole nitrogens is 1. The number of aromatic amines is 1. The van der Waals surface area contributed by atoms with Gasteiger partial charge in [0, 0.05) is 12.7 Å². The van der Waals surface area contributed by atoms with E-state index in [2.05, 4.69) is 26.0 Å². The number of aryl methyl sites for hydroxylation is 2. The minimum Gasteiger partial charge on any atom is -0.313 e. The van der Waals surface area contributed by atoms with Crippen LogP contribution in [0.25, 0.3) is 0 Å². The highest BCUT2D eigenvalue weighted by atomic mass is 79.9. The zero-order valence-electron chi connectivity index (χ0n) is 10.8. The second-order valence-electron chi connectivity index (χ2n) is 4.13. The Morgan fingerprint density at radius 1 is 1.37 bits per heavy atom. The second-order valence-corrected chi connectivity index (χ2v) is 4.98. The minimum absolute atomic E-state index is 0.217. The largest absolute Gasteiger partial charge is 0.328 e. The van der Waals surface area contributed by atoms with Crippen molar-refractivity contribution in [2.45, 2.75) is 33.4 Å². The Hall–Kier alpha value is -1.63. The third-order valence-corrected chi connectivity index (χ3v) is 3.48. The van der Waals surface area contributed by atoms with E-state index in [-0.39, 0.29) is 12.1 Å². The van der Waals surface area contributed by atoms with Gasteiger partial charge in [0.25, 0.3) is 5.56 Å². The monoisotopic (exact) mass is 326 g/mol. The third-order valence-electron chi connectivity index (χ3n) is 2.91. The molecule has 0 spiro atoms. The number of rotatable bonds is 4. The smallest absolute Gasteiger partial charge is 0.313 e. The van der Waals surface area contributed by atoms with E-state index < -0.39 is 5.69 Å². The van der Waals surface area contributed by atoms with E-state index in [0.717, 1.165) is 22.4 Å². The predicted octanol–water partition coefficient (Wildman–Crippen LogP) is 1.13. The highest BCUT2D eigenvalue weighted by molar-refractivity contribution is 9.10. The van der Waals surface area contributed by atoms with Gasteiger partial charge < -0.3 is 4.98 Å². The summed E-state index contributed by atoms with van der Waals surface area (Å²) >= 11 is 3.12. The number of nitrogens with one attached hydrogen (secondary N) is 1. The minimum atomic E-state index is -0.421. The topological polar surface area (TPSA) is 72.7 Å². The predicted molar refractivity (Wildman–Crippen MR) is 75.4 cm³/mol. The van der Waals surface area contributed by atoms with Crippen LogP contribution in [-0.4, -0.2) is 19.3 Å². The fourth-order valence-electron chi connectivity index (χ4n) is 1.88. The van der Waals surface area contributed by atoms with Crippen molar-refractivity contribution in [3.63, 3.8) is 0 Å². The van der Waals surface area contributed by atoms with Gasteiger partial charge in [0.15, 0.2) is 0 Å². The molecule has 19 heavy (non-hydrogen) atoms. The van der Waals surface area contributed by atoms with Crippen molar-refractivity contribution in [2.75, 3.05) is 0 Å². The molecule has 0 unspecified atom stereocenters. The van der Waals surface area contributed by atoms with E-state index in [4.69, 9.17) is 0 Å². The summed E-state index contributed by atoms with van der Waals surface area (Å²) in [5, 5.41) is 4.40. The molecule has 0 aliphatic heterocycles. The molecule has 6 nitrogen and oxygen atoms in total. The lowest BCUT2D eigenvalue weighted by Crippen LogP contribution is -2.35. The van der Waals surface area contributed by atoms with Crippen molar-refractivity contribution in [3.05, 3.63) is 49.0 Å². The molecule has 102 valence electrons. The Morgan fingerprint density at radius 3 is 2.74 bits per heavy atom. The van der Waals surface area contributed by atoms with Crippen LogP contribution >= 0.6 is 15.9 Å². The zero-order valence-corrected chi connectivity index (χ0v) is 12.4. The molecular formula is C12H15BrN4O2. The fourth-order valence-corrected chi connectivity index (χ4v) is 2.21. The van der Waals surface area contributed by atoms with E-state index in [1.54, 1.807) is 0 Å². The first-order valence-corrected chi connectivity index (χ1v) is 6.89. The molecular weight excluding hydrogens is 312 g/mol. The summed E-state index contributed by atoms with van der Waals surface area (Å²) in [7, 11) is 0. The lowest BCUT2D eigenvalue weighted by Gasteiger charge is -2.06. The zero-order chi connectivity index (χ0) is 14.0. The Balaban J connectivity index is 2.47. The summed E-state index contributed by atoms with van der Waals surface area (Å²) < 4.78 is 3.31. The van der Waals surface area contributed by atoms with Gasteiger partial charge in [-0.1, -0.05) is 6.92 Å². The van der Waals surface area contributed by atoms with Gasteiger partial charge in [0.1, 0.15) is 0 Å². The maximum Gasteiger partial charge on any atom is 0.328 e. The molecule has 0 atom stereocenters. The van der Waals surface area contributed by atoms with E-state index in [9.17, 15) is 9.59 Å². The van der Waals surface area contributed by atoms with Crippen molar-refractivity contribution >= 4 is 15.9 Å². The first-order chi connectivity index (χ1) is 9.06. The second kappa shape index (κ2) is 5.56. The van der Waals surface area contributed by atoms with Crippen molar-refractivity contribution in [1.82, 2.24) is 19.3 Å². The Bertz CT molecular complexity index is 698. The molecule has 0 amide bonds. The van der Waals surface area contributed by atoms with Gasteiger partial charge in [0.05, 0.1) is 22.4 Å². The van der Waals surface area contributed by atoms with Crippen LogP contribution in [0.15, 0.2) is 26.3 Å². The summed E-state index contributed by atoms with van der Waals surface area (Å²) in [4.78, 5) is 26.2. The van der Waals surface area contributed by atoms with Crippen LogP contribution in [0.5, 0.6) is 0 Å². The summed E-state index contributed by atoms with van der Waals surface area (Å²) in [5.74, 6) is 0. The summed E-state index contributed by atoms with van der Waals surface area (Å²) in [6.07, 6.45) is 2.18. The molecule has 0 aromatic carbocycles. The van der Waals surface area contributed by atoms with E-state index in [1.165, 1.54) is 6.20 Å². The number of halogens is 1. The SMILES string of the molecule is CCc1cc(Cn2c(=O)[nH]cc(Br)c2=O)n(CC)n1. The van der Waals surface area contributed by atoms with Crippen LogP contribution in [0.3, 0.4) is 0 Å². The van der Waals surface area contributed by atoms with E-state index in [0.29, 0.717) is 11.0 Å². The maximum atomic E-state index is 11.9. The van der Waals surface area contributed by atoms with Crippen LogP contribution in [0.4, 0.5) is 0 Å². The molecule has 1 N–H and O–H groups in total. The molecule has 2 heterocycles. The Labute approximate surface area is 118 Å². The van der Waals surface area contributed by atoms with Gasteiger partial charge in [0.2, 0.25) is 0 Å². The van der Waals surface area contributed by atoms with Gasteiger partial charge in [-0.2, -0.15) is 5.10 Å². The molecule has 0 aliphatic rings. The third kappa shape index (κ3) is 2.70. The molecule has 0 radical (unpaired) electrons. The molecule has 0 saturated heterocycles. The van der Waals surface area contributed by atoms with Crippen molar-refractivity contribution in [1.29, 1.82) is 0 Å². The Morgan fingerprint density at radius 2 is 2.11 bits per heavy atom. The normalized spacial score (nSPS) is 10.9. The standard InChI is InChI=1S/C12H15BrN4O2/c1-3-8-5-9(17(4-2)15-8)7-16-11(18)10(13)6-14-12(16)19/h5-6H,3-4,7H2,1-2H3,(H,14,19). The van der Waals surface area contributed by atoms with E-state index >= 15 is 0 Å².